The van der Waals surface area contributed by atoms with Crippen molar-refractivity contribution in [3.05, 3.63) is 529 Å². The van der Waals surface area contributed by atoms with Gasteiger partial charge in [-0.25, -0.2) is 52.7 Å². The number of aryl methyl sites for hydroxylation is 4. The van der Waals surface area contributed by atoms with Gasteiger partial charge in [0.15, 0.2) is 0 Å². The van der Waals surface area contributed by atoms with Crippen molar-refractivity contribution >= 4 is 133 Å². The average molecular weight is 1950 g/mol. The third-order valence-electron chi connectivity index (χ3n) is 27.8. The first-order chi connectivity index (χ1) is 72.0. The van der Waals surface area contributed by atoms with E-state index in [9.17, 15) is 0 Å². The van der Waals surface area contributed by atoms with E-state index in [2.05, 4.69) is 0 Å². The van der Waals surface area contributed by atoms with Crippen LogP contribution in [0.3, 0.4) is 0 Å². The van der Waals surface area contributed by atoms with Gasteiger partial charge in [0, 0.05) is 88.8 Å². The molecule has 0 heterocycles. The van der Waals surface area contributed by atoms with E-state index in [4.69, 9.17) is 0 Å². The lowest BCUT2D eigenvalue weighted by Crippen LogP contribution is -2.14. The van der Waals surface area contributed by atoms with Crippen molar-refractivity contribution in [1.29, 1.82) is 0 Å². The maximum atomic E-state index is 16.8. The molecule has 0 aliphatic heterocycles. The van der Waals surface area contributed by atoms with Crippen LogP contribution in [-0.2, 0) is 0 Å². The first-order valence-corrected chi connectivity index (χ1v) is 48.2. The summed E-state index contributed by atoms with van der Waals surface area (Å²) in [7, 11) is 0. The molecule has 0 saturated heterocycles. The predicted molar refractivity (Wildman–Crippen MR) is 581 cm³/mol. The lowest BCUT2D eigenvalue weighted by Gasteiger charge is -2.30. The molecule has 24 rings (SSSR count). The molecular weight excluding hydrogens is 1870 g/mol. The normalized spacial score (nSPS) is 11.5. The third kappa shape index (κ3) is 17.2. The van der Waals surface area contributed by atoms with E-state index in [-0.39, 0.29) is 67.3 Å². The van der Waals surface area contributed by atoms with Crippen molar-refractivity contribution in [2.24, 2.45) is 0 Å². The summed E-state index contributed by atoms with van der Waals surface area (Å²) in [6, 6.07) is 123. The summed E-state index contributed by atoms with van der Waals surface area (Å²) in [6.45, 7) is 7.37. The largest absolute Gasteiger partial charge is 0.307 e. The highest BCUT2D eigenvalue weighted by atomic mass is 19.2. The Morgan fingerprint density at radius 2 is 0.311 bits per heavy atom. The van der Waals surface area contributed by atoms with Crippen molar-refractivity contribution < 1.29 is 52.7 Å². The van der Waals surface area contributed by atoms with Gasteiger partial charge >= 0.3 is 0 Å². The van der Waals surface area contributed by atoms with Gasteiger partial charge in [0.2, 0.25) is 0 Å². The Labute approximate surface area is 845 Å². The number of benzene rings is 24. The Kier molecular flexibility index (Phi) is 24.3. The van der Waals surface area contributed by atoms with Gasteiger partial charge in [-0.1, -0.05) is 243 Å². The first-order valence-electron chi connectivity index (χ1n) is 48.2. The molecule has 0 N–H and O–H groups in total. The molecule has 0 atom stereocenters. The summed E-state index contributed by atoms with van der Waals surface area (Å²) in [5, 5.41) is 9.72. The Balaban J connectivity index is 0.000000163. The zero-order valence-electron chi connectivity index (χ0n) is 79.9. The zero-order chi connectivity index (χ0) is 102. The minimum absolute atomic E-state index is 0.206. The fourth-order valence-corrected chi connectivity index (χ4v) is 20.9. The molecule has 0 aromatic heterocycles. The molecule has 148 heavy (non-hydrogen) atoms. The van der Waals surface area contributed by atoms with Gasteiger partial charge in [0.1, 0.15) is 69.8 Å². The molecule has 0 amide bonds. The Hall–Kier alpha value is -18.3. The van der Waals surface area contributed by atoms with Crippen molar-refractivity contribution in [3.63, 3.8) is 0 Å². The van der Waals surface area contributed by atoms with E-state index < -0.39 is 69.8 Å². The number of hydrogen-bond donors (Lipinski definition) is 0. The van der Waals surface area contributed by atoms with E-state index in [1.54, 1.807) is 274 Å². The van der Waals surface area contributed by atoms with Crippen LogP contribution in [0.1, 0.15) is 22.3 Å². The number of halogens is 12. The molecular formula is C132H84F12N4. The number of nitrogens with zero attached hydrogens (tertiary/aromatic N) is 4. The molecule has 0 saturated carbocycles. The van der Waals surface area contributed by atoms with Gasteiger partial charge in [0.05, 0.1) is 45.5 Å². The summed E-state index contributed by atoms with van der Waals surface area (Å²) in [5.41, 5.74) is 13.9. The smallest absolute Gasteiger partial charge is 0.147 e. The molecule has 0 fully saturated rings. The molecule has 0 unspecified atom stereocenters. The standard InChI is InChI=1S/2C66H42F6N2/c1-39-19-27-63(59(71)31-39)73(47-35-43(49-11-3-7-15-55(49)67)33-44(36-47)50-12-4-8-16-56(50)68)61-29-23-41-22-26-54-62(30-24-42-21-25-53(61)65(41)66(42)54)74(64-28-20-40(2)32-60(64)72)48-37-45(51-13-5-9-17-57(51)69)34-46(38-48)52-14-6-10-18-58(52)70;1-39-19-27-59(71)63(31-39)73(47-35-43(49-11-3-7-15-55(49)67)33-44(36-47)50-12-4-8-16-56(50)68)61-29-23-41-22-26-54-62(30-24-42-21-25-53(61)65(41)66(42)54)74(64-32-40(2)20-28-60(64)72)48-37-45(51-13-5-9-17-57(51)69)34-46(38-48)52-14-6-10-18-58(52)70/h2*3-38H,1-2H3. The van der Waals surface area contributed by atoms with Gasteiger partial charge in [-0.15, -0.1) is 0 Å². The summed E-state index contributed by atoms with van der Waals surface area (Å²) >= 11 is 0. The summed E-state index contributed by atoms with van der Waals surface area (Å²) in [4.78, 5) is 7.19. The van der Waals surface area contributed by atoms with E-state index >= 15 is 52.7 Å². The molecule has 24 aromatic rings. The van der Waals surface area contributed by atoms with Crippen LogP contribution in [0.15, 0.2) is 437 Å². The van der Waals surface area contributed by atoms with Crippen LogP contribution < -0.4 is 19.6 Å². The molecule has 0 spiro atoms. The third-order valence-corrected chi connectivity index (χ3v) is 27.8. The van der Waals surface area contributed by atoms with E-state index in [1.165, 1.54) is 72.8 Å². The minimum atomic E-state index is -0.518. The van der Waals surface area contributed by atoms with Crippen molar-refractivity contribution in [3.8, 4) is 89.0 Å². The van der Waals surface area contributed by atoms with E-state index in [0.29, 0.717) is 101 Å². The molecule has 0 bridgehead atoms. The molecule has 0 aliphatic rings. The highest BCUT2D eigenvalue weighted by Crippen LogP contribution is 2.55. The summed E-state index contributed by atoms with van der Waals surface area (Å²) in [5.74, 6) is -5.85. The van der Waals surface area contributed by atoms with Gasteiger partial charge in [-0.05, 0) is 332 Å². The van der Waals surface area contributed by atoms with Crippen LogP contribution in [0, 0.1) is 97.5 Å². The summed E-state index contributed by atoms with van der Waals surface area (Å²) < 4.78 is 194. The molecule has 716 valence electrons. The topological polar surface area (TPSA) is 13.0 Å². The maximum Gasteiger partial charge on any atom is 0.147 e. The lowest BCUT2D eigenvalue weighted by molar-refractivity contribution is 0.627. The van der Waals surface area contributed by atoms with Crippen LogP contribution in [0.2, 0.25) is 0 Å². The van der Waals surface area contributed by atoms with Crippen molar-refractivity contribution in [1.82, 2.24) is 0 Å². The Morgan fingerprint density at radius 1 is 0.135 bits per heavy atom. The number of anilines is 12. The molecule has 0 radical (unpaired) electrons. The first kappa shape index (κ1) is 93.4. The average Bonchev–Trinajstić information content (AvgIpc) is 0.717. The lowest BCUT2D eigenvalue weighted by atomic mass is 9.91. The molecule has 4 nitrogen and oxygen atoms in total. The molecule has 24 aromatic carbocycles. The quantitative estimate of drug-likeness (QED) is 0.0557. The predicted octanol–water partition coefficient (Wildman–Crippen LogP) is 39.3. The zero-order valence-corrected chi connectivity index (χ0v) is 79.9. The van der Waals surface area contributed by atoms with Crippen LogP contribution in [-0.4, -0.2) is 0 Å². The van der Waals surface area contributed by atoms with Crippen LogP contribution in [0.4, 0.5) is 121 Å². The second-order valence-corrected chi connectivity index (χ2v) is 37.3. The van der Waals surface area contributed by atoms with Crippen LogP contribution in [0.25, 0.3) is 154 Å². The molecule has 16 heteroatoms. The summed E-state index contributed by atoms with van der Waals surface area (Å²) in [6.07, 6.45) is 0. The minimum Gasteiger partial charge on any atom is -0.307 e. The Bertz CT molecular complexity index is 8610. The fourth-order valence-electron chi connectivity index (χ4n) is 20.9. The number of rotatable bonds is 20. The van der Waals surface area contributed by atoms with E-state index in [1.807, 2.05) is 137 Å². The van der Waals surface area contributed by atoms with Gasteiger partial charge in [-0.2, -0.15) is 0 Å². The monoisotopic (exact) mass is 1950 g/mol. The van der Waals surface area contributed by atoms with Crippen molar-refractivity contribution in [2.75, 3.05) is 19.6 Å². The maximum absolute atomic E-state index is 16.8. The van der Waals surface area contributed by atoms with E-state index in [0.717, 1.165) is 75.8 Å². The molecule has 0 aliphatic carbocycles. The van der Waals surface area contributed by atoms with Crippen LogP contribution in [0.5, 0.6) is 0 Å². The van der Waals surface area contributed by atoms with Crippen molar-refractivity contribution in [2.45, 2.75) is 27.7 Å². The second-order valence-electron chi connectivity index (χ2n) is 37.3. The SMILES string of the molecule is Cc1ccc(F)c(N(c2cc(-c3ccccc3F)cc(-c3ccccc3F)c2)c2ccc3ccc4c(N(c5cc(-c6ccccc6F)cc(-c6ccccc6F)c5)c5cc(C)ccc5F)ccc5ccc2c3c54)c1.Cc1ccc(N(c2cc(-c3ccccc3F)cc(-c3ccccc3F)c2)c2ccc3ccc4c(N(c5cc(-c6ccccc6F)cc(-c6ccccc6F)c5)c5ccc(C)cc5F)ccc5ccc2c3c54)c(F)c1. The van der Waals surface area contributed by atoms with Crippen LogP contribution >= 0.6 is 0 Å². The highest BCUT2D eigenvalue weighted by Gasteiger charge is 2.32. The second kappa shape index (κ2) is 38.4. The highest BCUT2D eigenvalue weighted by molar-refractivity contribution is 6.30. The van der Waals surface area contributed by atoms with Gasteiger partial charge in [-0.3, -0.25) is 0 Å². The van der Waals surface area contributed by atoms with Gasteiger partial charge in [0.25, 0.3) is 0 Å². The van der Waals surface area contributed by atoms with Gasteiger partial charge < -0.3 is 19.6 Å². The Morgan fingerprint density at radius 3 is 0.514 bits per heavy atom. The fraction of sp³-hybridized carbons (Fsp3) is 0.0303. The number of hydrogen-bond acceptors (Lipinski definition) is 4.